The molecule has 7 N–H and O–H groups in total. The molecular weight excluding hydrogens is 689 g/mol. The van der Waals surface area contributed by atoms with E-state index in [-0.39, 0.29) is 62.0 Å². The molecule has 1 rings (SSSR count). The summed E-state index contributed by atoms with van der Waals surface area (Å²) in [4.78, 5) is 83.3. The maximum absolute atomic E-state index is 12.8. The van der Waals surface area contributed by atoms with Crippen LogP contribution < -0.4 is 21.3 Å². The number of unbranched alkanes of at least 4 members (excludes halogenated alkanes) is 13. The van der Waals surface area contributed by atoms with Crippen molar-refractivity contribution in [3.8, 4) is 0 Å². The minimum atomic E-state index is -1.24. The number of carboxylic acid groups (broad SMARTS) is 3. The molecule has 1 unspecified atom stereocenters. The fourth-order valence-electron chi connectivity index (χ4n) is 5.42. The smallest absolute Gasteiger partial charge is 0.326 e. The quantitative estimate of drug-likeness (QED) is 0.0448. The summed E-state index contributed by atoms with van der Waals surface area (Å²) in [6, 6.07) is -3.50. The Hall–Kier alpha value is -2.69. The van der Waals surface area contributed by atoms with Gasteiger partial charge in [0.15, 0.2) is 11.6 Å². The summed E-state index contributed by atoms with van der Waals surface area (Å²) >= 11 is 0. The number of rotatable bonds is 28. The summed E-state index contributed by atoms with van der Waals surface area (Å²) in [5.74, 6) is -3.94. The van der Waals surface area contributed by atoms with E-state index in [1.807, 2.05) is 0 Å². The van der Waals surface area contributed by atoms with E-state index >= 15 is 0 Å². The number of nitrogens with one attached hydrogen (secondary N) is 4. The molecule has 0 aromatic carbocycles. The molecule has 50 heavy (non-hydrogen) atoms. The van der Waals surface area contributed by atoms with Crippen LogP contribution in [-0.2, 0) is 33.6 Å². The van der Waals surface area contributed by atoms with Crippen LogP contribution in [0.15, 0.2) is 0 Å². The zero-order valence-electron chi connectivity index (χ0n) is 29.4. The van der Waals surface area contributed by atoms with Crippen LogP contribution in [0, 0.1) is 0 Å². The zero-order valence-corrected chi connectivity index (χ0v) is 31.0. The number of aliphatic carboxylic acids is 3. The largest absolute Gasteiger partial charge is 0.481 e. The lowest BCUT2D eigenvalue weighted by molar-refractivity contribution is -0.142. The molecule has 0 aromatic rings. The van der Waals surface area contributed by atoms with Crippen LogP contribution in [0.2, 0.25) is 0 Å². The standard InChI is InChI=1S/C34H58N4O10S2/c1-24-32(44)27(22-49-50-23-28(37-24)34(47)48)35-20-25(39)21-36-29(40)19-18-26(33(45)46)38-30(41)16-14-12-10-8-6-4-2-3-5-7-9-11-13-15-17-31(42)43/h24,26-28,35,37H,2-23H2,1H3,(H,36,40)(H,38,41)(H,42,43)(H,45,46)(H,47,48)/t24?,26-,27+,28+/m1/s1. The molecule has 16 heteroatoms. The summed E-state index contributed by atoms with van der Waals surface area (Å²) in [6.07, 6.45) is 15.0. The maximum atomic E-state index is 12.8. The molecule has 1 aliphatic rings. The second-order valence-corrected chi connectivity index (χ2v) is 15.4. The summed E-state index contributed by atoms with van der Waals surface area (Å²) in [6.45, 7) is 1.08. The average Bonchev–Trinajstić information content (AvgIpc) is 3.13. The van der Waals surface area contributed by atoms with E-state index in [0.29, 0.717) is 12.2 Å². The van der Waals surface area contributed by atoms with Crippen LogP contribution in [0.3, 0.4) is 0 Å². The van der Waals surface area contributed by atoms with Crippen molar-refractivity contribution in [2.24, 2.45) is 0 Å². The number of ketones is 2. The lowest BCUT2D eigenvalue weighted by Gasteiger charge is -2.21. The van der Waals surface area contributed by atoms with Gasteiger partial charge >= 0.3 is 17.9 Å². The Bertz CT molecular complexity index is 1080. The highest BCUT2D eigenvalue weighted by Gasteiger charge is 2.30. The Morgan fingerprint density at radius 2 is 1.24 bits per heavy atom. The van der Waals surface area contributed by atoms with Gasteiger partial charge in [-0.3, -0.25) is 39.4 Å². The van der Waals surface area contributed by atoms with Crippen molar-refractivity contribution in [2.45, 2.75) is 147 Å². The highest BCUT2D eigenvalue weighted by Crippen LogP contribution is 2.25. The Morgan fingerprint density at radius 3 is 1.76 bits per heavy atom. The molecule has 1 fully saturated rings. The minimum absolute atomic E-state index is 0.125. The molecule has 0 radical (unpaired) electrons. The number of carbonyl (C=O) groups excluding carboxylic acids is 4. The first-order valence-corrected chi connectivity index (χ1v) is 20.4. The Balaban J connectivity index is 2.15. The molecule has 0 aliphatic carbocycles. The van der Waals surface area contributed by atoms with Crippen LogP contribution in [0.25, 0.3) is 0 Å². The average molecular weight is 747 g/mol. The molecular formula is C34H58N4O10S2. The van der Waals surface area contributed by atoms with E-state index in [1.165, 1.54) is 60.1 Å². The van der Waals surface area contributed by atoms with Gasteiger partial charge in [-0.25, -0.2) is 4.79 Å². The first-order valence-electron chi connectivity index (χ1n) is 17.9. The van der Waals surface area contributed by atoms with Gasteiger partial charge in [-0.05, 0) is 26.2 Å². The second kappa shape index (κ2) is 28.0. The van der Waals surface area contributed by atoms with Crippen molar-refractivity contribution in [1.29, 1.82) is 0 Å². The van der Waals surface area contributed by atoms with Crippen molar-refractivity contribution in [2.75, 3.05) is 24.6 Å². The summed E-state index contributed by atoms with van der Waals surface area (Å²) < 4.78 is 0. The second-order valence-electron chi connectivity index (χ2n) is 12.8. The van der Waals surface area contributed by atoms with E-state index in [9.17, 15) is 43.8 Å². The van der Waals surface area contributed by atoms with E-state index < -0.39 is 48.0 Å². The van der Waals surface area contributed by atoms with E-state index in [2.05, 4.69) is 21.3 Å². The van der Waals surface area contributed by atoms with Gasteiger partial charge in [0, 0.05) is 30.8 Å². The molecule has 14 nitrogen and oxygen atoms in total. The molecule has 1 aliphatic heterocycles. The maximum Gasteiger partial charge on any atom is 0.326 e. The fraction of sp³-hybridized carbons (Fsp3) is 0.794. The van der Waals surface area contributed by atoms with Crippen molar-refractivity contribution in [1.82, 2.24) is 21.3 Å². The van der Waals surface area contributed by atoms with Gasteiger partial charge in [0.2, 0.25) is 11.8 Å². The van der Waals surface area contributed by atoms with Crippen LogP contribution in [0.4, 0.5) is 0 Å². The van der Waals surface area contributed by atoms with Crippen LogP contribution in [0.5, 0.6) is 0 Å². The number of amides is 2. The predicted molar refractivity (Wildman–Crippen MR) is 194 cm³/mol. The minimum Gasteiger partial charge on any atom is -0.481 e. The van der Waals surface area contributed by atoms with Gasteiger partial charge < -0.3 is 26.0 Å². The number of hydrogen-bond acceptors (Lipinski definition) is 11. The van der Waals surface area contributed by atoms with E-state index in [4.69, 9.17) is 5.11 Å². The number of carboxylic acids is 3. The van der Waals surface area contributed by atoms with Crippen LogP contribution in [-0.4, -0.2) is 105 Å². The number of Topliss-reactive ketones (excluding diaryl/α,β-unsaturated/α-hetero) is 2. The molecule has 1 saturated heterocycles. The van der Waals surface area contributed by atoms with Gasteiger partial charge in [0.05, 0.1) is 25.2 Å². The summed E-state index contributed by atoms with van der Waals surface area (Å²) in [7, 11) is 2.66. The SMILES string of the molecule is CC1N[C@H](C(=O)O)CSSC[C@H](NCC(=O)CNC(=O)CC[C@@H](NC(=O)CCCCCCCCCCCCCCCCC(=O)O)C(=O)O)C1=O. The van der Waals surface area contributed by atoms with Gasteiger partial charge in [-0.1, -0.05) is 98.6 Å². The lowest BCUT2D eigenvalue weighted by Crippen LogP contribution is -2.53. The molecule has 0 aromatic heterocycles. The molecule has 0 spiro atoms. The molecule has 0 bridgehead atoms. The highest BCUT2D eigenvalue weighted by molar-refractivity contribution is 8.76. The third kappa shape index (κ3) is 22.9. The van der Waals surface area contributed by atoms with Crippen LogP contribution in [0.1, 0.15) is 122 Å². The molecule has 0 saturated carbocycles. The summed E-state index contributed by atoms with van der Waals surface area (Å²) in [5, 5.41) is 38.1. The predicted octanol–water partition coefficient (Wildman–Crippen LogP) is 3.70. The number of hydrogen-bond donors (Lipinski definition) is 7. The van der Waals surface area contributed by atoms with Gasteiger partial charge in [-0.15, -0.1) is 0 Å². The van der Waals surface area contributed by atoms with Crippen LogP contribution >= 0.6 is 21.6 Å². The first-order chi connectivity index (χ1) is 23.9. The van der Waals surface area contributed by atoms with Crippen molar-refractivity contribution >= 4 is 62.9 Å². The Labute approximate surface area is 303 Å². The normalized spacial score (nSPS) is 18.7. The molecule has 1 heterocycles. The van der Waals surface area contributed by atoms with E-state index in [0.717, 1.165) is 44.9 Å². The molecule has 2 amide bonds. The fourth-order valence-corrected chi connectivity index (χ4v) is 7.80. The first kappa shape index (κ1) is 45.3. The topological polar surface area (TPSA) is 228 Å². The third-order valence-corrected chi connectivity index (χ3v) is 10.9. The van der Waals surface area contributed by atoms with Gasteiger partial charge in [-0.2, -0.15) is 0 Å². The Morgan fingerprint density at radius 1 is 0.720 bits per heavy atom. The van der Waals surface area contributed by atoms with E-state index in [1.54, 1.807) is 6.92 Å². The molecule has 286 valence electrons. The highest BCUT2D eigenvalue weighted by atomic mass is 33.1. The monoisotopic (exact) mass is 746 g/mol. The number of carbonyl (C=O) groups is 7. The van der Waals surface area contributed by atoms with Gasteiger partial charge in [0.25, 0.3) is 0 Å². The molecule has 4 atom stereocenters. The van der Waals surface area contributed by atoms with Crippen molar-refractivity contribution < 1.29 is 48.9 Å². The third-order valence-electron chi connectivity index (χ3n) is 8.44. The van der Waals surface area contributed by atoms with Crippen molar-refractivity contribution in [3.63, 3.8) is 0 Å². The zero-order chi connectivity index (χ0) is 37.1. The van der Waals surface area contributed by atoms with Crippen molar-refractivity contribution in [3.05, 3.63) is 0 Å². The van der Waals surface area contributed by atoms with Gasteiger partial charge in [0.1, 0.15) is 12.1 Å². The lowest BCUT2D eigenvalue weighted by atomic mass is 10.0. The summed E-state index contributed by atoms with van der Waals surface area (Å²) in [5.41, 5.74) is 0. The Kier molecular flexibility index (Phi) is 25.4.